The zero-order chi connectivity index (χ0) is 12.7. The van der Waals surface area contributed by atoms with E-state index in [1.807, 2.05) is 0 Å². The molecule has 0 fully saturated rings. The van der Waals surface area contributed by atoms with E-state index in [0.29, 0.717) is 28.7 Å². The van der Waals surface area contributed by atoms with Gasteiger partial charge in [-0.25, -0.2) is 0 Å². The smallest absolute Gasteiger partial charge is 0.224 e. The minimum absolute atomic E-state index is 0.0498. The molecule has 0 atom stereocenters. The van der Waals surface area contributed by atoms with Crippen LogP contribution in [-0.2, 0) is 4.79 Å². The predicted octanol–water partition coefficient (Wildman–Crippen LogP) is 3.45. The molecule has 1 aromatic carbocycles. The lowest BCUT2D eigenvalue weighted by atomic mass is 10.2. The first kappa shape index (κ1) is 14.3. The van der Waals surface area contributed by atoms with Crippen LogP contribution < -0.4 is 11.1 Å². The Kier molecular flexibility index (Phi) is 6.34. The molecule has 1 aromatic rings. The number of benzene rings is 1. The molecule has 0 unspecified atom stereocenters. The number of unbranched alkanes of at least 4 members (excludes halogenated alkanes) is 2. The van der Waals surface area contributed by atoms with Crippen LogP contribution in [-0.4, -0.2) is 12.5 Å². The van der Waals surface area contributed by atoms with E-state index in [-0.39, 0.29) is 5.91 Å². The number of carbonyl (C=O) groups excluding carboxylic acids is 1. The van der Waals surface area contributed by atoms with Gasteiger partial charge >= 0.3 is 0 Å². The molecule has 0 bridgehead atoms. The summed E-state index contributed by atoms with van der Waals surface area (Å²) in [5.41, 5.74) is 5.93. The van der Waals surface area contributed by atoms with Gasteiger partial charge in [0.2, 0.25) is 5.91 Å². The summed E-state index contributed by atoms with van der Waals surface area (Å²) in [4.78, 5) is 11.6. The molecule has 0 spiro atoms. The highest BCUT2D eigenvalue weighted by atomic mass is 35.5. The third-order valence-corrected chi connectivity index (χ3v) is 2.88. The predicted molar refractivity (Wildman–Crippen MR) is 72.6 cm³/mol. The summed E-state index contributed by atoms with van der Waals surface area (Å²) in [7, 11) is 0. The van der Waals surface area contributed by atoms with Crippen molar-refractivity contribution in [1.29, 1.82) is 0 Å². The van der Waals surface area contributed by atoms with Crippen molar-refractivity contribution in [1.82, 2.24) is 0 Å². The number of nitrogens with two attached hydrogens (primary N) is 1. The van der Waals surface area contributed by atoms with Gasteiger partial charge in [-0.05, 0) is 37.6 Å². The molecule has 3 nitrogen and oxygen atoms in total. The second-order valence-corrected chi connectivity index (χ2v) is 4.62. The van der Waals surface area contributed by atoms with Crippen LogP contribution in [0.3, 0.4) is 0 Å². The Hall–Kier alpha value is -0.770. The van der Waals surface area contributed by atoms with E-state index in [1.165, 1.54) is 0 Å². The molecule has 3 N–H and O–H groups in total. The van der Waals surface area contributed by atoms with Crippen molar-refractivity contribution in [3.63, 3.8) is 0 Å². The van der Waals surface area contributed by atoms with E-state index in [9.17, 15) is 4.79 Å². The third kappa shape index (κ3) is 5.39. The molecule has 0 radical (unpaired) electrons. The molecule has 1 rings (SSSR count). The number of amides is 1. The van der Waals surface area contributed by atoms with Gasteiger partial charge in [0.15, 0.2) is 0 Å². The zero-order valence-electron chi connectivity index (χ0n) is 9.51. The van der Waals surface area contributed by atoms with Crippen molar-refractivity contribution in [2.45, 2.75) is 25.7 Å². The molecule has 94 valence electrons. The first-order chi connectivity index (χ1) is 8.13. The number of rotatable bonds is 6. The lowest BCUT2D eigenvalue weighted by Crippen LogP contribution is -2.11. The second-order valence-electron chi connectivity index (χ2n) is 3.77. The average Bonchev–Trinajstić information content (AvgIpc) is 2.29. The van der Waals surface area contributed by atoms with Crippen LogP contribution >= 0.6 is 23.2 Å². The average molecular weight is 275 g/mol. The fraction of sp³-hybridized carbons (Fsp3) is 0.417. The van der Waals surface area contributed by atoms with Gasteiger partial charge in [-0.3, -0.25) is 4.79 Å². The van der Waals surface area contributed by atoms with Gasteiger partial charge in [0.25, 0.3) is 0 Å². The normalized spacial score (nSPS) is 10.3. The molecule has 0 saturated heterocycles. The molecule has 0 aliphatic heterocycles. The highest BCUT2D eigenvalue weighted by Crippen LogP contribution is 2.25. The molecule has 0 aliphatic rings. The van der Waals surface area contributed by atoms with E-state index >= 15 is 0 Å². The van der Waals surface area contributed by atoms with Gasteiger partial charge in [-0.2, -0.15) is 0 Å². The molecule has 0 heterocycles. The largest absolute Gasteiger partial charge is 0.330 e. The van der Waals surface area contributed by atoms with Crippen LogP contribution in [0.15, 0.2) is 18.2 Å². The number of hydrogen-bond acceptors (Lipinski definition) is 2. The number of carbonyl (C=O) groups is 1. The summed E-state index contributed by atoms with van der Waals surface area (Å²) in [6, 6.07) is 4.98. The van der Waals surface area contributed by atoms with Crippen LogP contribution in [0.1, 0.15) is 25.7 Å². The van der Waals surface area contributed by atoms with Crippen molar-refractivity contribution in [2.24, 2.45) is 5.73 Å². The van der Waals surface area contributed by atoms with Gasteiger partial charge in [-0.1, -0.05) is 29.6 Å². The van der Waals surface area contributed by atoms with Gasteiger partial charge in [0.1, 0.15) is 0 Å². The first-order valence-electron chi connectivity index (χ1n) is 5.58. The van der Waals surface area contributed by atoms with E-state index in [1.54, 1.807) is 18.2 Å². The van der Waals surface area contributed by atoms with E-state index in [4.69, 9.17) is 28.9 Å². The Morgan fingerprint density at radius 1 is 1.24 bits per heavy atom. The maximum absolute atomic E-state index is 11.6. The van der Waals surface area contributed by atoms with Crippen LogP contribution in [0.4, 0.5) is 5.69 Å². The fourth-order valence-electron chi connectivity index (χ4n) is 1.41. The van der Waals surface area contributed by atoms with Crippen molar-refractivity contribution < 1.29 is 4.79 Å². The molecular formula is C12H16Cl2N2O. The zero-order valence-corrected chi connectivity index (χ0v) is 11.0. The third-order valence-electron chi connectivity index (χ3n) is 2.31. The van der Waals surface area contributed by atoms with Gasteiger partial charge < -0.3 is 11.1 Å². The molecule has 0 saturated carbocycles. The highest BCUT2D eigenvalue weighted by molar-refractivity contribution is 6.35. The minimum Gasteiger partial charge on any atom is -0.330 e. The fourth-order valence-corrected chi connectivity index (χ4v) is 1.75. The lowest BCUT2D eigenvalue weighted by molar-refractivity contribution is -0.116. The summed E-state index contributed by atoms with van der Waals surface area (Å²) in [6.07, 6.45) is 3.22. The van der Waals surface area contributed by atoms with Crippen molar-refractivity contribution in [3.8, 4) is 0 Å². The number of halogens is 2. The quantitative estimate of drug-likeness (QED) is 0.781. The van der Waals surface area contributed by atoms with Crippen molar-refractivity contribution in [3.05, 3.63) is 28.2 Å². The lowest BCUT2D eigenvalue weighted by Gasteiger charge is -2.07. The molecular weight excluding hydrogens is 259 g/mol. The summed E-state index contributed by atoms with van der Waals surface area (Å²) in [5, 5.41) is 3.78. The van der Waals surface area contributed by atoms with Crippen molar-refractivity contribution >= 4 is 34.8 Å². The Bertz CT molecular complexity index is 383. The standard InChI is InChI=1S/C12H16Cl2N2O/c13-9-5-6-10(14)11(8-9)16-12(17)4-2-1-3-7-15/h5-6,8H,1-4,7,15H2,(H,16,17). The van der Waals surface area contributed by atoms with Gasteiger partial charge in [-0.15, -0.1) is 0 Å². The van der Waals surface area contributed by atoms with Gasteiger partial charge in [0.05, 0.1) is 10.7 Å². The summed E-state index contributed by atoms with van der Waals surface area (Å²) in [6.45, 7) is 0.668. The van der Waals surface area contributed by atoms with Crippen molar-refractivity contribution in [2.75, 3.05) is 11.9 Å². The molecule has 0 aliphatic carbocycles. The SMILES string of the molecule is NCCCCCC(=O)Nc1cc(Cl)ccc1Cl. The first-order valence-corrected chi connectivity index (χ1v) is 6.34. The van der Waals surface area contributed by atoms with Crippen LogP contribution in [0.25, 0.3) is 0 Å². The Labute approximate surface area is 111 Å². The number of anilines is 1. The van der Waals surface area contributed by atoms with E-state index in [2.05, 4.69) is 5.32 Å². The number of nitrogens with one attached hydrogen (secondary N) is 1. The second kappa shape index (κ2) is 7.54. The minimum atomic E-state index is -0.0498. The summed E-state index contributed by atoms with van der Waals surface area (Å²) in [5.74, 6) is -0.0498. The molecule has 17 heavy (non-hydrogen) atoms. The van der Waals surface area contributed by atoms with E-state index in [0.717, 1.165) is 19.3 Å². The highest BCUT2D eigenvalue weighted by Gasteiger charge is 2.06. The molecule has 0 aromatic heterocycles. The number of hydrogen-bond donors (Lipinski definition) is 2. The maximum Gasteiger partial charge on any atom is 0.224 e. The van der Waals surface area contributed by atoms with Crippen LogP contribution in [0, 0.1) is 0 Å². The topological polar surface area (TPSA) is 55.1 Å². The van der Waals surface area contributed by atoms with Crippen LogP contribution in [0.2, 0.25) is 10.0 Å². The Balaban J connectivity index is 2.42. The van der Waals surface area contributed by atoms with E-state index < -0.39 is 0 Å². The molecule has 5 heteroatoms. The summed E-state index contributed by atoms with van der Waals surface area (Å²) >= 11 is 11.8. The molecule has 1 amide bonds. The summed E-state index contributed by atoms with van der Waals surface area (Å²) < 4.78 is 0. The Morgan fingerprint density at radius 3 is 2.71 bits per heavy atom. The maximum atomic E-state index is 11.6. The van der Waals surface area contributed by atoms with Gasteiger partial charge in [0, 0.05) is 11.4 Å². The monoisotopic (exact) mass is 274 g/mol. The van der Waals surface area contributed by atoms with Crippen LogP contribution in [0.5, 0.6) is 0 Å². The Morgan fingerprint density at radius 2 is 2.00 bits per heavy atom.